The van der Waals surface area contributed by atoms with Crippen molar-refractivity contribution in [2.75, 3.05) is 0 Å². The molecule has 0 atom stereocenters. The highest BCUT2D eigenvalue weighted by Gasteiger charge is 2.22. The zero-order valence-corrected chi connectivity index (χ0v) is 31.4. The Morgan fingerprint density at radius 3 is 1.31 bits per heavy atom. The highest BCUT2D eigenvalue weighted by molar-refractivity contribution is 6.09. The summed E-state index contributed by atoms with van der Waals surface area (Å²) >= 11 is 0. The Morgan fingerprint density at radius 2 is 0.724 bits per heavy atom. The molecule has 0 bridgehead atoms. The molecule has 0 N–H and O–H groups in total. The third-order valence-corrected chi connectivity index (χ3v) is 11.0. The van der Waals surface area contributed by atoms with Gasteiger partial charge in [0.25, 0.3) is 0 Å². The van der Waals surface area contributed by atoms with Crippen LogP contribution < -0.4 is 0 Å². The Balaban J connectivity index is 1.08. The fourth-order valence-corrected chi connectivity index (χ4v) is 8.25. The summed E-state index contributed by atoms with van der Waals surface area (Å²) in [7, 11) is 0. The number of rotatable bonds is 7. The van der Waals surface area contributed by atoms with Crippen molar-refractivity contribution in [2.24, 2.45) is 0 Å². The van der Waals surface area contributed by atoms with E-state index in [0.29, 0.717) is 17.5 Å². The maximum atomic E-state index is 5.16. The highest BCUT2D eigenvalue weighted by atomic mass is 15.1. The van der Waals surface area contributed by atoms with Crippen LogP contribution in [0.2, 0.25) is 0 Å². The van der Waals surface area contributed by atoms with E-state index in [1.165, 1.54) is 22.0 Å². The van der Waals surface area contributed by atoms with Gasteiger partial charge in [-0.15, -0.1) is 0 Å². The monoisotopic (exact) mass is 741 g/mol. The van der Waals surface area contributed by atoms with Gasteiger partial charge in [0.15, 0.2) is 17.5 Å². The van der Waals surface area contributed by atoms with Crippen LogP contribution in [0.4, 0.5) is 0 Å². The maximum absolute atomic E-state index is 5.16. The first-order valence-corrected chi connectivity index (χ1v) is 19.5. The molecule has 272 valence electrons. The van der Waals surface area contributed by atoms with Gasteiger partial charge in [0.2, 0.25) is 0 Å². The van der Waals surface area contributed by atoms with Crippen LogP contribution in [0.1, 0.15) is 0 Å². The first-order valence-electron chi connectivity index (χ1n) is 19.5. The van der Waals surface area contributed by atoms with Crippen molar-refractivity contribution in [3.63, 3.8) is 0 Å². The molecular weight excluding hydrogens is 707 g/mol. The molecule has 0 unspecified atom stereocenters. The lowest BCUT2D eigenvalue weighted by atomic mass is 10.0. The number of benzene rings is 8. The number of hydrogen-bond donors (Lipinski definition) is 0. The van der Waals surface area contributed by atoms with E-state index >= 15 is 0 Å². The molecule has 0 fully saturated rings. The maximum Gasteiger partial charge on any atom is 0.164 e. The third-order valence-electron chi connectivity index (χ3n) is 11.0. The number of hydrogen-bond acceptors (Lipinski definition) is 3. The van der Waals surface area contributed by atoms with Gasteiger partial charge < -0.3 is 0 Å². The predicted octanol–water partition coefficient (Wildman–Crippen LogP) is 13.2. The zero-order valence-electron chi connectivity index (χ0n) is 31.4. The molecule has 8 aromatic carbocycles. The number of para-hydroxylation sites is 4. The second-order valence-corrected chi connectivity index (χ2v) is 14.5. The van der Waals surface area contributed by atoms with E-state index < -0.39 is 0 Å². The van der Waals surface area contributed by atoms with Crippen LogP contribution in [0, 0.1) is 0 Å². The largest absolute Gasteiger partial charge is 0.293 e. The number of imidazole rings is 1. The topological polar surface area (TPSA) is 48.0 Å². The fourth-order valence-electron chi connectivity index (χ4n) is 8.25. The van der Waals surface area contributed by atoms with Crippen molar-refractivity contribution in [1.29, 1.82) is 0 Å². The SMILES string of the molecule is c1ccc(-c2cccc(-c3nc(-c4ccc(-c5c6ccccc6n6c7ccccc7n(-c7ccccc7)c56)cc4)nc(-c4cccc(-c5ccccc5)c4)n3)c2)cc1. The van der Waals surface area contributed by atoms with Crippen LogP contribution in [-0.2, 0) is 0 Å². The van der Waals surface area contributed by atoms with Gasteiger partial charge in [0.1, 0.15) is 5.65 Å². The van der Waals surface area contributed by atoms with Gasteiger partial charge >= 0.3 is 0 Å². The van der Waals surface area contributed by atoms with E-state index in [4.69, 9.17) is 15.0 Å². The number of fused-ring (bicyclic) bond motifs is 5. The number of aromatic nitrogens is 5. The van der Waals surface area contributed by atoms with Gasteiger partial charge in [-0.2, -0.15) is 0 Å². The summed E-state index contributed by atoms with van der Waals surface area (Å²) in [5.74, 6) is 1.87. The summed E-state index contributed by atoms with van der Waals surface area (Å²) in [4.78, 5) is 15.4. The molecule has 5 heteroatoms. The molecule has 11 rings (SSSR count). The van der Waals surface area contributed by atoms with Crippen LogP contribution in [0.15, 0.2) is 212 Å². The summed E-state index contributed by atoms with van der Waals surface area (Å²) in [5, 5.41) is 1.20. The van der Waals surface area contributed by atoms with Crippen LogP contribution in [-0.4, -0.2) is 23.9 Å². The lowest BCUT2D eigenvalue weighted by molar-refractivity contribution is 1.07. The van der Waals surface area contributed by atoms with Gasteiger partial charge in [-0.25, -0.2) is 15.0 Å². The van der Waals surface area contributed by atoms with Crippen molar-refractivity contribution < 1.29 is 0 Å². The van der Waals surface area contributed by atoms with Crippen LogP contribution in [0.25, 0.3) is 101 Å². The molecule has 0 saturated carbocycles. The lowest BCUT2D eigenvalue weighted by Crippen LogP contribution is -2.00. The summed E-state index contributed by atoms with van der Waals surface area (Å²) in [5.41, 5.74) is 15.3. The molecule has 0 aliphatic heterocycles. The van der Waals surface area contributed by atoms with Crippen molar-refractivity contribution in [2.45, 2.75) is 0 Å². The molecule has 3 heterocycles. The molecule has 11 aromatic rings. The summed E-state index contributed by atoms with van der Waals surface area (Å²) in [6, 6.07) is 74.4. The smallest absolute Gasteiger partial charge is 0.164 e. The molecule has 0 radical (unpaired) electrons. The third kappa shape index (κ3) is 5.76. The molecule has 0 aliphatic carbocycles. The van der Waals surface area contributed by atoms with E-state index in [-0.39, 0.29) is 0 Å². The second-order valence-electron chi connectivity index (χ2n) is 14.5. The molecule has 0 aliphatic rings. The Kier molecular flexibility index (Phi) is 8.07. The van der Waals surface area contributed by atoms with Gasteiger partial charge in [-0.3, -0.25) is 8.97 Å². The minimum absolute atomic E-state index is 0.618. The van der Waals surface area contributed by atoms with E-state index in [0.717, 1.165) is 61.4 Å². The second kappa shape index (κ2) is 14.0. The normalized spacial score (nSPS) is 11.4. The van der Waals surface area contributed by atoms with Gasteiger partial charge in [0.05, 0.1) is 16.6 Å². The van der Waals surface area contributed by atoms with Crippen LogP contribution in [0.5, 0.6) is 0 Å². The summed E-state index contributed by atoms with van der Waals surface area (Å²) in [6.07, 6.45) is 0. The van der Waals surface area contributed by atoms with Gasteiger partial charge in [-0.1, -0.05) is 170 Å². The Hall–Kier alpha value is -7.89. The van der Waals surface area contributed by atoms with E-state index in [9.17, 15) is 0 Å². The summed E-state index contributed by atoms with van der Waals surface area (Å²) in [6.45, 7) is 0. The molecule has 0 saturated heterocycles. The molecule has 0 spiro atoms. The quantitative estimate of drug-likeness (QED) is 0.163. The predicted molar refractivity (Wildman–Crippen MR) is 238 cm³/mol. The molecular formula is C53H35N5. The highest BCUT2D eigenvalue weighted by Crippen LogP contribution is 2.41. The molecule has 3 aromatic heterocycles. The van der Waals surface area contributed by atoms with Gasteiger partial charge in [-0.05, 0) is 70.3 Å². The van der Waals surface area contributed by atoms with Crippen molar-refractivity contribution >= 4 is 27.6 Å². The van der Waals surface area contributed by atoms with E-state index in [1.807, 2.05) is 12.1 Å². The van der Waals surface area contributed by atoms with Crippen molar-refractivity contribution in [3.05, 3.63) is 212 Å². The van der Waals surface area contributed by atoms with Crippen molar-refractivity contribution in [1.82, 2.24) is 23.9 Å². The average Bonchev–Trinajstić information content (AvgIpc) is 3.82. The molecule has 58 heavy (non-hydrogen) atoms. The summed E-state index contributed by atoms with van der Waals surface area (Å²) < 4.78 is 4.79. The van der Waals surface area contributed by atoms with Crippen molar-refractivity contribution in [3.8, 4) is 73.2 Å². The first kappa shape index (κ1) is 33.4. The average molecular weight is 742 g/mol. The van der Waals surface area contributed by atoms with Crippen LogP contribution in [0.3, 0.4) is 0 Å². The Morgan fingerprint density at radius 1 is 0.293 bits per heavy atom. The first-order chi connectivity index (χ1) is 28.8. The molecule has 0 amide bonds. The van der Waals surface area contributed by atoms with Crippen LogP contribution >= 0.6 is 0 Å². The number of nitrogens with zero attached hydrogens (tertiary/aromatic N) is 5. The minimum atomic E-state index is 0.618. The Labute approximate surface area is 335 Å². The fraction of sp³-hybridized carbons (Fsp3) is 0. The zero-order chi connectivity index (χ0) is 38.4. The minimum Gasteiger partial charge on any atom is -0.293 e. The Bertz CT molecular complexity index is 3150. The lowest BCUT2D eigenvalue weighted by Gasteiger charge is -2.11. The van der Waals surface area contributed by atoms with E-state index in [2.05, 4.69) is 209 Å². The molecule has 5 nitrogen and oxygen atoms in total. The van der Waals surface area contributed by atoms with E-state index in [1.54, 1.807) is 0 Å². The van der Waals surface area contributed by atoms with Gasteiger partial charge in [0, 0.05) is 33.3 Å². The standard InChI is InChI=1S/C53H35N5/c1-4-16-36(17-5-1)40-20-14-22-42(34-40)51-54-50(55-52(56-51)43-23-15-21-41(35-43)37-18-6-2-7-19-37)39-32-30-38(31-33-39)49-45-26-10-11-27-46(45)58-48-29-13-12-28-47(48)57(53(49)58)44-24-8-3-9-25-44/h1-35H.